The molecule has 0 saturated heterocycles. The highest BCUT2D eigenvalue weighted by atomic mass is 32.1. The number of thiocarbonyl (C=S) groups is 1. The van der Waals surface area contributed by atoms with Gasteiger partial charge in [0.05, 0.1) is 0 Å². The van der Waals surface area contributed by atoms with Crippen molar-refractivity contribution in [3.63, 3.8) is 0 Å². The maximum absolute atomic E-state index is 12.1. The summed E-state index contributed by atoms with van der Waals surface area (Å²) >= 11 is 5.00. The van der Waals surface area contributed by atoms with Gasteiger partial charge in [-0.3, -0.25) is 25.8 Å². The lowest BCUT2D eigenvalue weighted by Crippen LogP contribution is -2.49. The minimum atomic E-state index is -0.424. The van der Waals surface area contributed by atoms with Gasteiger partial charge in [0.1, 0.15) is 5.75 Å². The van der Waals surface area contributed by atoms with Gasteiger partial charge in [0.25, 0.3) is 11.8 Å². The van der Waals surface area contributed by atoms with Crippen molar-refractivity contribution in [3.8, 4) is 5.75 Å². The molecule has 0 aromatic heterocycles. The molecule has 0 aliphatic heterocycles. The van der Waals surface area contributed by atoms with E-state index in [0.29, 0.717) is 17.2 Å². The van der Waals surface area contributed by atoms with E-state index in [2.05, 4.69) is 30.0 Å². The van der Waals surface area contributed by atoms with Gasteiger partial charge in [0, 0.05) is 5.56 Å². The Bertz CT molecular complexity index is 761. The van der Waals surface area contributed by atoms with Crippen LogP contribution in [0.4, 0.5) is 0 Å². The van der Waals surface area contributed by atoms with E-state index in [1.54, 1.807) is 24.3 Å². The topological polar surface area (TPSA) is 79.5 Å². The number of carbonyl (C=O) groups excluding carboxylic acids is 2. The molecule has 0 unspecified atom stereocenters. The lowest BCUT2D eigenvalue weighted by molar-refractivity contribution is -0.123. The average molecular weight is 371 g/mol. The predicted octanol–water partition coefficient (Wildman–Crippen LogP) is 2.52. The number of hydrazine groups is 1. The summed E-state index contributed by atoms with van der Waals surface area (Å²) < 4.78 is 5.30. The highest BCUT2D eigenvalue weighted by Crippen LogP contribution is 2.14. The molecule has 2 amide bonds. The van der Waals surface area contributed by atoms with Crippen LogP contribution in [0.3, 0.4) is 0 Å². The molecule has 0 aliphatic rings. The van der Waals surface area contributed by atoms with Crippen LogP contribution in [0.1, 0.15) is 35.7 Å². The van der Waals surface area contributed by atoms with Gasteiger partial charge >= 0.3 is 0 Å². The van der Waals surface area contributed by atoms with Crippen molar-refractivity contribution in [1.29, 1.82) is 0 Å². The van der Waals surface area contributed by atoms with Crippen LogP contribution in [0.25, 0.3) is 0 Å². The first-order valence-corrected chi connectivity index (χ1v) is 8.54. The Morgan fingerprint density at radius 3 is 2.27 bits per heavy atom. The smallest absolute Gasteiger partial charge is 0.276 e. The fraction of sp³-hybridized carbons (Fsp3) is 0.211. The third kappa shape index (κ3) is 6.18. The fourth-order valence-electron chi connectivity index (χ4n) is 2.05. The number of rotatable bonds is 5. The van der Waals surface area contributed by atoms with Crippen LogP contribution >= 0.6 is 12.2 Å². The lowest BCUT2D eigenvalue weighted by Gasteiger charge is -2.12. The highest BCUT2D eigenvalue weighted by Gasteiger charge is 2.09. The molecule has 2 aromatic rings. The van der Waals surface area contributed by atoms with Crippen molar-refractivity contribution >= 4 is 29.1 Å². The molecular weight excluding hydrogens is 350 g/mol. The van der Waals surface area contributed by atoms with E-state index in [1.165, 1.54) is 0 Å². The first kappa shape index (κ1) is 19.4. The first-order chi connectivity index (χ1) is 12.5. The zero-order valence-electron chi connectivity index (χ0n) is 14.6. The molecular formula is C19H21N3O3S. The van der Waals surface area contributed by atoms with E-state index in [9.17, 15) is 9.59 Å². The number of ether oxygens (including phenoxy) is 1. The summed E-state index contributed by atoms with van der Waals surface area (Å²) in [6.07, 6.45) is 0. The summed E-state index contributed by atoms with van der Waals surface area (Å²) in [5.74, 6) is 0.200. The lowest BCUT2D eigenvalue weighted by atomic mass is 10.0. The SMILES string of the molecule is CC(C)c1ccc(C(=O)NC(=S)NNC(=O)COc2ccccc2)cc1. The molecule has 0 radical (unpaired) electrons. The summed E-state index contributed by atoms with van der Waals surface area (Å²) in [5.41, 5.74) is 6.46. The summed E-state index contributed by atoms with van der Waals surface area (Å²) in [6.45, 7) is 3.99. The van der Waals surface area contributed by atoms with Crippen LogP contribution in [-0.2, 0) is 4.79 Å². The Labute approximate surface area is 157 Å². The summed E-state index contributed by atoms with van der Waals surface area (Å²) in [5, 5.41) is 2.50. The Morgan fingerprint density at radius 2 is 1.65 bits per heavy atom. The van der Waals surface area contributed by atoms with Crippen LogP contribution < -0.4 is 20.9 Å². The molecule has 0 saturated carbocycles. The van der Waals surface area contributed by atoms with E-state index in [0.717, 1.165) is 5.56 Å². The number of carbonyl (C=O) groups is 2. The number of benzene rings is 2. The zero-order valence-corrected chi connectivity index (χ0v) is 15.4. The van der Waals surface area contributed by atoms with Gasteiger partial charge in [-0.25, -0.2) is 0 Å². The molecule has 2 aromatic carbocycles. The van der Waals surface area contributed by atoms with Crippen LogP contribution in [0, 0.1) is 0 Å². The summed E-state index contributed by atoms with van der Waals surface area (Å²) in [4.78, 5) is 23.8. The highest BCUT2D eigenvalue weighted by molar-refractivity contribution is 7.80. The number of hydrogen-bond acceptors (Lipinski definition) is 4. The van der Waals surface area contributed by atoms with Crippen LogP contribution in [-0.4, -0.2) is 23.5 Å². The van der Waals surface area contributed by atoms with Gasteiger partial charge in [-0.05, 0) is 48.0 Å². The Kier molecular flexibility index (Phi) is 7.11. The predicted molar refractivity (Wildman–Crippen MR) is 104 cm³/mol. The molecule has 0 heterocycles. The van der Waals surface area contributed by atoms with E-state index >= 15 is 0 Å². The molecule has 0 fully saturated rings. The number of nitrogens with one attached hydrogen (secondary N) is 3. The number of amides is 2. The third-order valence-electron chi connectivity index (χ3n) is 3.50. The molecule has 2 rings (SSSR count). The van der Waals surface area contributed by atoms with Crippen molar-refractivity contribution < 1.29 is 14.3 Å². The summed E-state index contributed by atoms with van der Waals surface area (Å²) in [7, 11) is 0. The second kappa shape index (κ2) is 9.53. The van der Waals surface area contributed by atoms with Gasteiger partial charge in [-0.15, -0.1) is 0 Å². The number of para-hydroxylation sites is 1. The molecule has 0 bridgehead atoms. The maximum Gasteiger partial charge on any atom is 0.276 e. The van der Waals surface area contributed by atoms with Crippen LogP contribution in [0.15, 0.2) is 54.6 Å². The van der Waals surface area contributed by atoms with Gasteiger partial charge in [0.2, 0.25) is 0 Å². The van der Waals surface area contributed by atoms with Gasteiger partial charge in [0.15, 0.2) is 11.7 Å². The second-order valence-electron chi connectivity index (χ2n) is 5.83. The first-order valence-electron chi connectivity index (χ1n) is 8.13. The van der Waals surface area contributed by atoms with E-state index in [4.69, 9.17) is 17.0 Å². The maximum atomic E-state index is 12.1. The Balaban J connectivity index is 1.73. The second-order valence-corrected chi connectivity index (χ2v) is 6.24. The van der Waals surface area contributed by atoms with E-state index < -0.39 is 5.91 Å². The normalized spacial score (nSPS) is 10.1. The molecule has 136 valence electrons. The monoisotopic (exact) mass is 371 g/mol. The molecule has 3 N–H and O–H groups in total. The fourth-order valence-corrected chi connectivity index (χ4v) is 2.20. The Hall–Kier alpha value is -2.93. The van der Waals surface area contributed by atoms with Crippen molar-refractivity contribution in [3.05, 3.63) is 65.7 Å². The third-order valence-corrected chi connectivity index (χ3v) is 3.70. The van der Waals surface area contributed by atoms with Crippen molar-refractivity contribution in [1.82, 2.24) is 16.2 Å². The molecule has 7 heteroatoms. The minimum absolute atomic E-state index is 0.00371. The molecule has 0 aliphatic carbocycles. The standard InChI is InChI=1S/C19H21N3O3S/c1-13(2)14-8-10-15(11-9-14)18(24)20-19(26)22-21-17(23)12-25-16-6-4-3-5-7-16/h3-11,13H,12H2,1-2H3,(H,21,23)(H2,20,22,24,26). The molecule has 26 heavy (non-hydrogen) atoms. The van der Waals surface area contributed by atoms with E-state index in [1.807, 2.05) is 30.3 Å². The average Bonchev–Trinajstić information content (AvgIpc) is 2.65. The van der Waals surface area contributed by atoms with Crippen molar-refractivity contribution in [2.75, 3.05) is 6.61 Å². The Morgan fingerprint density at radius 1 is 1.00 bits per heavy atom. The molecule has 0 atom stereocenters. The van der Waals surface area contributed by atoms with Crippen LogP contribution in [0.2, 0.25) is 0 Å². The zero-order chi connectivity index (χ0) is 18.9. The van der Waals surface area contributed by atoms with Crippen molar-refractivity contribution in [2.45, 2.75) is 19.8 Å². The molecule has 0 spiro atoms. The van der Waals surface area contributed by atoms with Gasteiger partial charge < -0.3 is 4.74 Å². The van der Waals surface area contributed by atoms with Gasteiger partial charge in [-0.1, -0.05) is 44.2 Å². The van der Waals surface area contributed by atoms with Gasteiger partial charge in [-0.2, -0.15) is 0 Å². The molecule has 6 nitrogen and oxygen atoms in total. The van der Waals surface area contributed by atoms with Crippen LogP contribution in [0.5, 0.6) is 5.75 Å². The summed E-state index contributed by atoms with van der Waals surface area (Å²) in [6, 6.07) is 16.2. The quantitative estimate of drug-likeness (QED) is 0.556. The van der Waals surface area contributed by atoms with Crippen molar-refractivity contribution in [2.24, 2.45) is 0 Å². The van der Waals surface area contributed by atoms with E-state index in [-0.39, 0.29) is 17.6 Å². The number of hydrogen-bond donors (Lipinski definition) is 3. The largest absolute Gasteiger partial charge is 0.484 e. The minimum Gasteiger partial charge on any atom is -0.484 e.